The summed E-state index contributed by atoms with van der Waals surface area (Å²) in [4.78, 5) is 12.7. The summed E-state index contributed by atoms with van der Waals surface area (Å²) in [6, 6.07) is 12.4. The topological polar surface area (TPSA) is 46.9 Å². The Balaban J connectivity index is 1.69. The molecule has 4 heteroatoms. The highest BCUT2D eigenvalue weighted by molar-refractivity contribution is 6.09. The quantitative estimate of drug-likeness (QED) is 0.793. The second-order valence-electron chi connectivity index (χ2n) is 6.46. The standard InChI is InChI=1S/C20H21N3O/c1-3-5-15-12-18(23(2)22-15)20(24)21-17-11-10-14-9-8-13-6-4-7-16(17)19(13)14/h4,6-7,10-12H,3,5,8-9H2,1-2H3,(H,21,24). The summed E-state index contributed by atoms with van der Waals surface area (Å²) < 4.78 is 1.67. The van der Waals surface area contributed by atoms with Gasteiger partial charge in [0, 0.05) is 18.1 Å². The summed E-state index contributed by atoms with van der Waals surface area (Å²) in [6.45, 7) is 2.11. The molecule has 24 heavy (non-hydrogen) atoms. The first-order valence-corrected chi connectivity index (χ1v) is 8.55. The monoisotopic (exact) mass is 319 g/mol. The number of carbonyl (C=O) groups excluding carboxylic acids is 1. The Morgan fingerprint density at radius 3 is 2.79 bits per heavy atom. The minimum atomic E-state index is -0.106. The number of hydrogen-bond donors (Lipinski definition) is 1. The van der Waals surface area contributed by atoms with Crippen LogP contribution in [0.1, 0.15) is 40.7 Å². The summed E-state index contributed by atoms with van der Waals surface area (Å²) >= 11 is 0. The summed E-state index contributed by atoms with van der Waals surface area (Å²) in [5, 5.41) is 9.94. The normalized spacial score (nSPS) is 12.8. The van der Waals surface area contributed by atoms with Crippen LogP contribution >= 0.6 is 0 Å². The molecule has 0 saturated heterocycles. The molecule has 4 rings (SSSR count). The van der Waals surface area contributed by atoms with E-state index in [4.69, 9.17) is 0 Å². The van der Waals surface area contributed by atoms with Gasteiger partial charge in [0.15, 0.2) is 0 Å². The van der Waals surface area contributed by atoms with Gasteiger partial charge in [0.1, 0.15) is 5.69 Å². The average Bonchev–Trinajstić information content (AvgIpc) is 3.15. The van der Waals surface area contributed by atoms with Gasteiger partial charge in [0.05, 0.1) is 5.69 Å². The van der Waals surface area contributed by atoms with E-state index in [0.717, 1.165) is 42.5 Å². The number of aromatic nitrogens is 2. The molecular formula is C20H21N3O. The molecule has 122 valence electrons. The Kier molecular flexibility index (Phi) is 3.60. The maximum Gasteiger partial charge on any atom is 0.273 e. The molecule has 0 unspecified atom stereocenters. The van der Waals surface area contributed by atoms with Gasteiger partial charge in [-0.05, 0) is 47.9 Å². The minimum Gasteiger partial charge on any atom is -0.320 e. The Bertz CT molecular complexity index is 929. The predicted molar refractivity (Wildman–Crippen MR) is 96.5 cm³/mol. The van der Waals surface area contributed by atoms with Crippen molar-refractivity contribution in [2.45, 2.75) is 32.6 Å². The molecule has 1 heterocycles. The zero-order valence-electron chi connectivity index (χ0n) is 14.1. The summed E-state index contributed by atoms with van der Waals surface area (Å²) in [7, 11) is 1.82. The fourth-order valence-electron chi connectivity index (χ4n) is 3.66. The highest BCUT2D eigenvalue weighted by Crippen LogP contribution is 2.35. The molecular weight excluding hydrogens is 298 g/mol. The van der Waals surface area contributed by atoms with Crippen LogP contribution in [0.25, 0.3) is 10.8 Å². The average molecular weight is 319 g/mol. The number of carbonyl (C=O) groups is 1. The maximum atomic E-state index is 12.7. The SMILES string of the molecule is CCCc1cc(C(=O)Nc2ccc3c4c(cccc24)CC3)n(C)n1. The highest BCUT2D eigenvalue weighted by atomic mass is 16.2. The Labute approximate surface area is 141 Å². The van der Waals surface area contributed by atoms with E-state index >= 15 is 0 Å². The lowest BCUT2D eigenvalue weighted by Gasteiger charge is -2.10. The third-order valence-corrected chi connectivity index (χ3v) is 4.79. The fraction of sp³-hybridized carbons (Fsp3) is 0.300. The lowest BCUT2D eigenvalue weighted by molar-refractivity contribution is 0.101. The minimum absolute atomic E-state index is 0.106. The number of rotatable bonds is 4. The van der Waals surface area contributed by atoms with Gasteiger partial charge in [-0.25, -0.2) is 0 Å². The van der Waals surface area contributed by atoms with Gasteiger partial charge in [0.25, 0.3) is 5.91 Å². The fourth-order valence-corrected chi connectivity index (χ4v) is 3.66. The van der Waals surface area contributed by atoms with E-state index in [1.165, 1.54) is 16.5 Å². The third-order valence-electron chi connectivity index (χ3n) is 4.79. The van der Waals surface area contributed by atoms with E-state index < -0.39 is 0 Å². The van der Waals surface area contributed by atoms with E-state index in [1.807, 2.05) is 19.2 Å². The van der Waals surface area contributed by atoms with Crippen molar-refractivity contribution >= 4 is 22.4 Å². The number of hydrogen-bond acceptors (Lipinski definition) is 2. The first-order chi connectivity index (χ1) is 11.7. The molecule has 2 aromatic carbocycles. The van der Waals surface area contributed by atoms with Gasteiger partial charge >= 0.3 is 0 Å². The zero-order chi connectivity index (χ0) is 16.7. The molecule has 0 fully saturated rings. The molecule has 1 aliphatic rings. The lowest BCUT2D eigenvalue weighted by Crippen LogP contribution is -2.16. The number of nitrogens with zero attached hydrogens (tertiary/aromatic N) is 2. The smallest absolute Gasteiger partial charge is 0.273 e. The Hall–Kier alpha value is -2.62. The molecule has 0 saturated carbocycles. The molecule has 1 amide bonds. The van der Waals surface area contributed by atoms with Crippen LogP contribution in [0.2, 0.25) is 0 Å². The second-order valence-corrected chi connectivity index (χ2v) is 6.46. The van der Waals surface area contributed by atoms with Crippen molar-refractivity contribution < 1.29 is 4.79 Å². The van der Waals surface area contributed by atoms with Crippen LogP contribution in [-0.2, 0) is 26.3 Å². The zero-order valence-corrected chi connectivity index (χ0v) is 14.1. The van der Waals surface area contributed by atoms with Gasteiger partial charge in [0.2, 0.25) is 0 Å². The maximum absolute atomic E-state index is 12.7. The second kappa shape index (κ2) is 5.78. The largest absolute Gasteiger partial charge is 0.320 e. The summed E-state index contributed by atoms with van der Waals surface area (Å²) in [6.07, 6.45) is 4.09. The highest BCUT2D eigenvalue weighted by Gasteiger charge is 2.18. The van der Waals surface area contributed by atoms with Crippen molar-refractivity contribution in [2.24, 2.45) is 7.05 Å². The van der Waals surface area contributed by atoms with Crippen molar-refractivity contribution in [3.63, 3.8) is 0 Å². The molecule has 1 N–H and O–H groups in total. The lowest BCUT2D eigenvalue weighted by atomic mass is 10.0. The Morgan fingerprint density at radius 2 is 2.00 bits per heavy atom. The van der Waals surface area contributed by atoms with Crippen LogP contribution in [0.5, 0.6) is 0 Å². The van der Waals surface area contributed by atoms with E-state index in [1.54, 1.807) is 4.68 Å². The van der Waals surface area contributed by atoms with Crippen LogP contribution in [0.4, 0.5) is 5.69 Å². The molecule has 0 spiro atoms. The van der Waals surface area contributed by atoms with Crippen LogP contribution in [0.3, 0.4) is 0 Å². The van der Waals surface area contributed by atoms with Crippen molar-refractivity contribution in [1.82, 2.24) is 9.78 Å². The van der Waals surface area contributed by atoms with Crippen molar-refractivity contribution in [1.29, 1.82) is 0 Å². The van der Waals surface area contributed by atoms with Gasteiger partial charge in [-0.1, -0.05) is 37.6 Å². The number of nitrogens with one attached hydrogen (secondary N) is 1. The predicted octanol–water partition coefficient (Wildman–Crippen LogP) is 3.88. The third kappa shape index (κ3) is 2.39. The molecule has 0 atom stereocenters. The molecule has 1 aliphatic carbocycles. The van der Waals surface area contributed by atoms with E-state index in [2.05, 4.69) is 41.6 Å². The first-order valence-electron chi connectivity index (χ1n) is 8.55. The van der Waals surface area contributed by atoms with Crippen molar-refractivity contribution in [2.75, 3.05) is 5.32 Å². The number of benzene rings is 2. The van der Waals surface area contributed by atoms with E-state index in [-0.39, 0.29) is 5.91 Å². The van der Waals surface area contributed by atoms with Gasteiger partial charge in [-0.3, -0.25) is 9.48 Å². The number of amides is 1. The molecule has 1 aromatic heterocycles. The van der Waals surface area contributed by atoms with Crippen LogP contribution < -0.4 is 5.32 Å². The van der Waals surface area contributed by atoms with Crippen LogP contribution in [-0.4, -0.2) is 15.7 Å². The number of anilines is 1. The van der Waals surface area contributed by atoms with Crippen LogP contribution in [0.15, 0.2) is 36.4 Å². The molecule has 0 aliphatic heterocycles. The van der Waals surface area contributed by atoms with E-state index in [9.17, 15) is 4.79 Å². The molecule has 3 aromatic rings. The van der Waals surface area contributed by atoms with E-state index in [0.29, 0.717) is 5.69 Å². The molecule has 4 nitrogen and oxygen atoms in total. The molecule has 0 radical (unpaired) electrons. The van der Waals surface area contributed by atoms with Crippen molar-refractivity contribution in [3.05, 3.63) is 58.9 Å². The van der Waals surface area contributed by atoms with Crippen LogP contribution in [0, 0.1) is 0 Å². The number of aryl methyl sites for hydroxylation is 4. The van der Waals surface area contributed by atoms with Gasteiger partial charge in [-0.15, -0.1) is 0 Å². The molecule has 0 bridgehead atoms. The Morgan fingerprint density at radius 1 is 1.21 bits per heavy atom. The van der Waals surface area contributed by atoms with Gasteiger partial charge in [-0.2, -0.15) is 5.10 Å². The summed E-state index contributed by atoms with van der Waals surface area (Å²) in [5.41, 5.74) is 5.20. The summed E-state index contributed by atoms with van der Waals surface area (Å²) in [5.74, 6) is -0.106. The van der Waals surface area contributed by atoms with Crippen molar-refractivity contribution in [3.8, 4) is 0 Å². The first kappa shape index (κ1) is 14.9. The van der Waals surface area contributed by atoms with Gasteiger partial charge < -0.3 is 5.32 Å².